The summed E-state index contributed by atoms with van der Waals surface area (Å²) < 4.78 is 13.3. The van der Waals surface area contributed by atoms with Crippen molar-refractivity contribution in [3.8, 4) is 0 Å². The number of ether oxygens (including phenoxy) is 2. The van der Waals surface area contributed by atoms with E-state index in [1.54, 1.807) is 0 Å². The molecule has 2 aromatic heterocycles. The van der Waals surface area contributed by atoms with Gasteiger partial charge >= 0.3 is 5.97 Å². The normalized spacial score (nSPS) is 24.5. The summed E-state index contributed by atoms with van der Waals surface area (Å²) in [5, 5.41) is 3.69. The molecule has 0 spiro atoms. The van der Waals surface area contributed by atoms with Crippen molar-refractivity contribution in [2.24, 2.45) is 17.8 Å². The third kappa shape index (κ3) is 5.40. The van der Waals surface area contributed by atoms with Gasteiger partial charge in [-0.3, -0.25) is 0 Å². The fourth-order valence-corrected chi connectivity index (χ4v) is 6.54. The molecule has 1 saturated heterocycles. The monoisotopic (exact) mass is 546 g/mol. The van der Waals surface area contributed by atoms with Crippen LogP contribution in [0.15, 0.2) is 30.3 Å². The number of imidazole rings is 1. The molecule has 214 valence electrons. The Morgan fingerprint density at radius 2 is 1.88 bits per heavy atom. The Labute approximate surface area is 236 Å². The van der Waals surface area contributed by atoms with Crippen molar-refractivity contribution in [1.29, 1.82) is 0 Å². The van der Waals surface area contributed by atoms with Crippen molar-refractivity contribution in [3.05, 3.63) is 41.7 Å². The van der Waals surface area contributed by atoms with Crippen LogP contribution in [0.3, 0.4) is 0 Å². The zero-order valence-electron chi connectivity index (χ0n) is 24.0. The van der Waals surface area contributed by atoms with Gasteiger partial charge in [-0.2, -0.15) is 4.98 Å². The van der Waals surface area contributed by atoms with Gasteiger partial charge < -0.3 is 24.3 Å². The maximum Gasteiger partial charge on any atom is 0.376 e. The lowest BCUT2D eigenvalue weighted by Gasteiger charge is -2.37. The highest BCUT2D eigenvalue weighted by molar-refractivity contribution is 5.92. The Hall–Kier alpha value is -3.20. The van der Waals surface area contributed by atoms with E-state index >= 15 is 0 Å². The summed E-state index contributed by atoms with van der Waals surface area (Å²) >= 11 is 0. The largest absolute Gasteiger partial charge is 0.463 e. The van der Waals surface area contributed by atoms with E-state index < -0.39 is 5.97 Å². The first-order valence-corrected chi connectivity index (χ1v) is 15.0. The van der Waals surface area contributed by atoms with Crippen molar-refractivity contribution < 1.29 is 14.3 Å². The highest BCUT2D eigenvalue weighted by Gasteiger charge is 2.33. The molecule has 9 nitrogen and oxygen atoms in total. The number of carbonyl (C=O) groups excluding carboxylic acids is 1. The number of methoxy groups -OCH3 is 1. The van der Waals surface area contributed by atoms with Gasteiger partial charge in [0.05, 0.1) is 26.4 Å². The van der Waals surface area contributed by atoms with E-state index in [-0.39, 0.29) is 17.9 Å². The number of hydrogen-bond acceptors (Lipinski definition) is 8. The minimum Gasteiger partial charge on any atom is -0.463 e. The van der Waals surface area contributed by atoms with E-state index in [0.717, 1.165) is 30.5 Å². The van der Waals surface area contributed by atoms with Gasteiger partial charge in [0.15, 0.2) is 11.5 Å². The molecule has 3 aromatic rings. The second-order valence-electron chi connectivity index (χ2n) is 12.0. The van der Waals surface area contributed by atoms with Crippen LogP contribution in [0.5, 0.6) is 0 Å². The summed E-state index contributed by atoms with van der Waals surface area (Å²) in [5.74, 6) is 2.99. The molecule has 1 aromatic carbocycles. The summed E-state index contributed by atoms with van der Waals surface area (Å²) in [7, 11) is 1.37. The summed E-state index contributed by atoms with van der Waals surface area (Å²) in [6, 6.07) is 10.8. The van der Waals surface area contributed by atoms with Gasteiger partial charge in [-0.25, -0.2) is 14.8 Å². The molecule has 40 heavy (non-hydrogen) atoms. The van der Waals surface area contributed by atoms with Gasteiger partial charge in [-0.15, -0.1) is 0 Å². The van der Waals surface area contributed by atoms with Crippen molar-refractivity contribution >= 4 is 28.9 Å². The number of rotatable bonds is 8. The number of nitrogens with zero attached hydrogens (tertiary/aromatic N) is 5. The first-order valence-electron chi connectivity index (χ1n) is 15.0. The van der Waals surface area contributed by atoms with Gasteiger partial charge in [-0.05, 0) is 55.9 Å². The average Bonchev–Trinajstić information content (AvgIpc) is 3.31. The Morgan fingerprint density at radius 3 is 2.58 bits per heavy atom. The Bertz CT molecular complexity index is 1320. The second-order valence-corrected chi connectivity index (χ2v) is 12.0. The average molecular weight is 547 g/mol. The van der Waals surface area contributed by atoms with E-state index in [1.807, 2.05) is 6.07 Å². The summed E-state index contributed by atoms with van der Waals surface area (Å²) in [6.07, 6.45) is 8.60. The molecular weight excluding hydrogens is 504 g/mol. The number of aromatic nitrogens is 4. The minimum absolute atomic E-state index is 0.0373. The van der Waals surface area contributed by atoms with Crippen molar-refractivity contribution in [3.63, 3.8) is 0 Å². The molecule has 1 aliphatic heterocycles. The van der Waals surface area contributed by atoms with E-state index in [0.29, 0.717) is 36.5 Å². The zero-order valence-corrected chi connectivity index (χ0v) is 24.0. The molecule has 0 amide bonds. The van der Waals surface area contributed by atoms with Crippen LogP contribution in [0.4, 0.5) is 11.8 Å². The number of morpholine rings is 1. The maximum atomic E-state index is 12.6. The van der Waals surface area contributed by atoms with Crippen molar-refractivity contribution in [1.82, 2.24) is 19.5 Å². The minimum atomic E-state index is -0.549. The van der Waals surface area contributed by atoms with Crippen LogP contribution in [-0.2, 0) is 16.0 Å². The van der Waals surface area contributed by atoms with Gasteiger partial charge in [0.25, 0.3) is 0 Å². The summed E-state index contributed by atoms with van der Waals surface area (Å²) in [5.41, 5.74) is 2.62. The predicted molar refractivity (Wildman–Crippen MR) is 156 cm³/mol. The van der Waals surface area contributed by atoms with Crippen molar-refractivity contribution in [2.75, 3.05) is 37.1 Å². The topological polar surface area (TPSA) is 94.4 Å². The van der Waals surface area contributed by atoms with Crippen LogP contribution in [-0.4, -0.2) is 58.4 Å². The highest BCUT2D eigenvalue weighted by atomic mass is 16.5. The molecule has 3 heterocycles. The standard InChI is InChI=1S/C31H42N6O3/c1-20-12-14-22(15-13-20)18-37-26-27(32-21(2)23-10-7-11-23)33-29(30(38)39-3)34-28(26)35-31(37)36-16-17-40-19-25(36)24-8-5-4-6-9-24/h4-6,8-9,20-23,25H,7,10-19H2,1-3H3,(H,32,33,34). The molecule has 2 saturated carbocycles. The number of esters is 1. The third-order valence-corrected chi connectivity index (χ3v) is 9.32. The molecular formula is C31H42N6O3. The van der Waals surface area contributed by atoms with Gasteiger partial charge in [0, 0.05) is 19.1 Å². The van der Waals surface area contributed by atoms with Gasteiger partial charge in [0.1, 0.15) is 5.52 Å². The molecule has 0 radical (unpaired) electrons. The first-order chi connectivity index (χ1) is 19.5. The zero-order chi connectivity index (χ0) is 27.6. The quantitative estimate of drug-likeness (QED) is 0.364. The lowest BCUT2D eigenvalue weighted by molar-refractivity contribution is 0.0587. The molecule has 6 rings (SSSR count). The summed E-state index contributed by atoms with van der Waals surface area (Å²) in [4.78, 5) is 29.6. The summed E-state index contributed by atoms with van der Waals surface area (Å²) in [6.45, 7) is 7.38. The van der Waals surface area contributed by atoms with Gasteiger partial charge in [-0.1, -0.05) is 56.5 Å². The molecule has 1 N–H and O–H groups in total. The number of hydrogen-bond donors (Lipinski definition) is 1. The number of nitrogens with one attached hydrogen (secondary N) is 1. The van der Waals surface area contributed by atoms with Crippen LogP contribution in [0.2, 0.25) is 0 Å². The van der Waals surface area contributed by atoms with E-state index in [2.05, 4.69) is 57.9 Å². The fourth-order valence-electron chi connectivity index (χ4n) is 6.54. The van der Waals surface area contributed by atoms with Crippen LogP contribution >= 0.6 is 0 Å². The molecule has 3 aliphatic rings. The van der Waals surface area contributed by atoms with Crippen LogP contribution in [0.1, 0.15) is 81.0 Å². The van der Waals surface area contributed by atoms with Crippen molar-refractivity contribution in [2.45, 2.75) is 77.4 Å². The van der Waals surface area contributed by atoms with Crippen LogP contribution in [0, 0.1) is 17.8 Å². The molecule has 3 fully saturated rings. The van der Waals surface area contributed by atoms with Crippen LogP contribution < -0.4 is 10.2 Å². The molecule has 9 heteroatoms. The molecule has 2 aliphatic carbocycles. The number of carbonyl (C=O) groups is 1. The first kappa shape index (κ1) is 27.0. The number of fused-ring (bicyclic) bond motifs is 1. The molecule has 2 unspecified atom stereocenters. The lowest BCUT2D eigenvalue weighted by Crippen LogP contribution is -2.41. The number of benzene rings is 1. The van der Waals surface area contributed by atoms with E-state index in [4.69, 9.17) is 19.4 Å². The number of anilines is 2. The van der Waals surface area contributed by atoms with E-state index in [1.165, 1.54) is 57.6 Å². The SMILES string of the molecule is COC(=O)c1nc(NC(C)C2CCC2)c2c(n1)nc(N1CCOCC1c1ccccc1)n2CC1CCC(C)CC1. The third-order valence-electron chi connectivity index (χ3n) is 9.32. The molecule has 0 bridgehead atoms. The predicted octanol–water partition coefficient (Wildman–Crippen LogP) is 5.62. The van der Waals surface area contributed by atoms with Gasteiger partial charge in [0.2, 0.25) is 11.8 Å². The maximum absolute atomic E-state index is 12.6. The Balaban J connectivity index is 1.48. The van der Waals surface area contributed by atoms with Crippen LogP contribution in [0.25, 0.3) is 11.2 Å². The van der Waals surface area contributed by atoms with E-state index in [9.17, 15) is 4.79 Å². The highest BCUT2D eigenvalue weighted by Crippen LogP contribution is 2.38. The second kappa shape index (κ2) is 11.7. The molecule has 2 atom stereocenters. The Kier molecular flexibility index (Phi) is 7.91. The smallest absolute Gasteiger partial charge is 0.376 e. The fraction of sp³-hybridized carbons (Fsp3) is 0.613. The Morgan fingerprint density at radius 1 is 1.10 bits per heavy atom. The lowest BCUT2D eigenvalue weighted by atomic mass is 9.80.